The van der Waals surface area contributed by atoms with Gasteiger partial charge in [0.25, 0.3) is 0 Å². The van der Waals surface area contributed by atoms with E-state index in [0.717, 1.165) is 26.9 Å². The van der Waals surface area contributed by atoms with Crippen molar-refractivity contribution in [2.24, 2.45) is 5.73 Å². The quantitative estimate of drug-likeness (QED) is 0.863. The summed E-state index contributed by atoms with van der Waals surface area (Å²) in [4.78, 5) is 0. The van der Waals surface area contributed by atoms with Crippen LogP contribution in [0.1, 0.15) is 22.7 Å². The Morgan fingerprint density at radius 2 is 1.86 bits per heavy atom. The number of hydrogen-bond acceptors (Lipinski definition) is 3. The smallest absolute Gasteiger partial charge is 0.138 e. The van der Waals surface area contributed by atoms with Crippen molar-refractivity contribution in [3.63, 3.8) is 0 Å². The SMILES string of the molecule is COc1cc(C(N)c2cc(Cl)cc(Br)c2OC)ccc1C. The number of rotatable bonds is 4. The highest BCUT2D eigenvalue weighted by atomic mass is 79.9. The summed E-state index contributed by atoms with van der Waals surface area (Å²) in [6, 6.07) is 9.16. The lowest BCUT2D eigenvalue weighted by atomic mass is 9.97. The minimum absolute atomic E-state index is 0.357. The molecule has 5 heteroatoms. The zero-order valence-corrected chi connectivity index (χ0v) is 14.5. The molecule has 1 atom stereocenters. The number of methoxy groups -OCH3 is 2. The van der Waals surface area contributed by atoms with Gasteiger partial charge in [-0.15, -0.1) is 0 Å². The van der Waals surface area contributed by atoms with Crippen molar-refractivity contribution in [1.29, 1.82) is 0 Å². The Balaban J connectivity index is 2.51. The first-order valence-electron chi connectivity index (χ1n) is 6.41. The third-order valence-electron chi connectivity index (χ3n) is 3.37. The van der Waals surface area contributed by atoms with E-state index >= 15 is 0 Å². The predicted molar refractivity (Wildman–Crippen MR) is 89.5 cm³/mol. The molecule has 0 fully saturated rings. The van der Waals surface area contributed by atoms with Crippen LogP contribution in [0.25, 0.3) is 0 Å². The maximum absolute atomic E-state index is 6.39. The van der Waals surface area contributed by atoms with E-state index in [9.17, 15) is 0 Å². The van der Waals surface area contributed by atoms with E-state index in [1.54, 1.807) is 20.3 Å². The second-order valence-electron chi connectivity index (χ2n) is 4.72. The molecule has 0 saturated carbocycles. The molecule has 2 aromatic rings. The van der Waals surface area contributed by atoms with Gasteiger partial charge in [0.05, 0.1) is 24.7 Å². The molecule has 0 saturated heterocycles. The van der Waals surface area contributed by atoms with Gasteiger partial charge in [0.1, 0.15) is 11.5 Å². The Morgan fingerprint density at radius 1 is 1.14 bits per heavy atom. The second kappa shape index (κ2) is 6.69. The summed E-state index contributed by atoms with van der Waals surface area (Å²) in [5.41, 5.74) is 9.21. The van der Waals surface area contributed by atoms with E-state index < -0.39 is 0 Å². The third kappa shape index (κ3) is 3.34. The zero-order valence-electron chi connectivity index (χ0n) is 12.1. The van der Waals surface area contributed by atoms with Gasteiger partial charge >= 0.3 is 0 Å². The number of benzene rings is 2. The number of halogens is 2. The van der Waals surface area contributed by atoms with Gasteiger partial charge in [-0.2, -0.15) is 0 Å². The molecule has 0 bridgehead atoms. The summed E-state index contributed by atoms with van der Waals surface area (Å²) >= 11 is 9.58. The van der Waals surface area contributed by atoms with Gasteiger partial charge in [-0.25, -0.2) is 0 Å². The van der Waals surface area contributed by atoms with Crippen LogP contribution in [-0.4, -0.2) is 14.2 Å². The van der Waals surface area contributed by atoms with Crippen LogP contribution in [0.15, 0.2) is 34.8 Å². The van der Waals surface area contributed by atoms with Gasteiger partial charge in [0.2, 0.25) is 0 Å². The van der Waals surface area contributed by atoms with E-state index in [1.807, 2.05) is 31.2 Å². The van der Waals surface area contributed by atoms with Crippen LogP contribution in [0.5, 0.6) is 11.5 Å². The van der Waals surface area contributed by atoms with Crippen molar-refractivity contribution in [1.82, 2.24) is 0 Å². The summed E-state index contributed by atoms with van der Waals surface area (Å²) in [7, 11) is 3.26. The van der Waals surface area contributed by atoms with Crippen LogP contribution in [0.2, 0.25) is 5.02 Å². The van der Waals surface area contributed by atoms with Crippen molar-refractivity contribution >= 4 is 27.5 Å². The molecule has 0 aliphatic carbocycles. The van der Waals surface area contributed by atoms with Crippen LogP contribution in [0.4, 0.5) is 0 Å². The maximum atomic E-state index is 6.39. The second-order valence-corrected chi connectivity index (χ2v) is 6.01. The molecule has 2 rings (SSSR count). The monoisotopic (exact) mass is 369 g/mol. The molecule has 2 aromatic carbocycles. The molecule has 1 unspecified atom stereocenters. The highest BCUT2D eigenvalue weighted by Gasteiger charge is 2.18. The van der Waals surface area contributed by atoms with Gasteiger partial charge in [-0.1, -0.05) is 23.7 Å². The van der Waals surface area contributed by atoms with Crippen LogP contribution < -0.4 is 15.2 Å². The van der Waals surface area contributed by atoms with Gasteiger partial charge in [-0.05, 0) is 52.2 Å². The zero-order chi connectivity index (χ0) is 15.6. The first-order chi connectivity index (χ1) is 9.97. The standard InChI is InChI=1S/C16H17BrClNO2/c1-9-4-5-10(6-14(9)20-2)15(19)12-7-11(18)8-13(17)16(12)21-3/h4-8,15H,19H2,1-3H3. The molecular formula is C16H17BrClNO2. The van der Waals surface area contributed by atoms with Gasteiger partial charge in [0.15, 0.2) is 0 Å². The Bertz CT molecular complexity index is 661. The molecule has 112 valence electrons. The number of aryl methyl sites for hydroxylation is 1. The Morgan fingerprint density at radius 3 is 2.48 bits per heavy atom. The minimum Gasteiger partial charge on any atom is -0.496 e. The van der Waals surface area contributed by atoms with Gasteiger partial charge in [-0.3, -0.25) is 0 Å². The average molecular weight is 371 g/mol. The molecule has 0 heterocycles. The van der Waals surface area contributed by atoms with Crippen molar-refractivity contribution in [2.45, 2.75) is 13.0 Å². The van der Waals surface area contributed by atoms with Crippen molar-refractivity contribution in [3.05, 3.63) is 56.5 Å². The predicted octanol–water partition coefficient (Wildman–Crippen LogP) is 4.48. The fourth-order valence-electron chi connectivity index (χ4n) is 2.24. The molecule has 3 nitrogen and oxygen atoms in total. The van der Waals surface area contributed by atoms with E-state index in [2.05, 4.69) is 15.9 Å². The Labute approximate surface area is 138 Å². The topological polar surface area (TPSA) is 44.5 Å². The molecule has 0 aliphatic heterocycles. The Hall–Kier alpha value is -1.23. The fraction of sp³-hybridized carbons (Fsp3) is 0.250. The number of nitrogens with two attached hydrogens (primary N) is 1. The minimum atomic E-state index is -0.357. The summed E-state index contributed by atoms with van der Waals surface area (Å²) in [6.45, 7) is 1.99. The average Bonchev–Trinajstić information content (AvgIpc) is 2.46. The van der Waals surface area contributed by atoms with E-state index in [-0.39, 0.29) is 6.04 Å². The molecule has 0 aromatic heterocycles. The van der Waals surface area contributed by atoms with Crippen LogP contribution in [0, 0.1) is 6.92 Å². The van der Waals surface area contributed by atoms with Crippen LogP contribution in [-0.2, 0) is 0 Å². The normalized spacial score (nSPS) is 12.1. The van der Waals surface area contributed by atoms with Crippen molar-refractivity contribution < 1.29 is 9.47 Å². The lowest BCUT2D eigenvalue weighted by Crippen LogP contribution is -2.13. The lowest BCUT2D eigenvalue weighted by Gasteiger charge is -2.19. The third-order valence-corrected chi connectivity index (χ3v) is 4.17. The highest BCUT2D eigenvalue weighted by Crippen LogP contribution is 2.38. The van der Waals surface area contributed by atoms with E-state index in [4.69, 9.17) is 26.8 Å². The first kappa shape index (κ1) is 16.1. The van der Waals surface area contributed by atoms with Gasteiger partial charge in [0, 0.05) is 10.6 Å². The number of hydrogen-bond donors (Lipinski definition) is 1. The molecular weight excluding hydrogens is 354 g/mol. The maximum Gasteiger partial charge on any atom is 0.138 e. The molecule has 0 amide bonds. The largest absolute Gasteiger partial charge is 0.496 e. The van der Waals surface area contributed by atoms with Crippen molar-refractivity contribution in [2.75, 3.05) is 14.2 Å². The Kier molecular flexibility index (Phi) is 5.14. The lowest BCUT2D eigenvalue weighted by molar-refractivity contribution is 0.404. The van der Waals surface area contributed by atoms with Crippen molar-refractivity contribution in [3.8, 4) is 11.5 Å². The van der Waals surface area contributed by atoms with E-state index in [0.29, 0.717) is 10.8 Å². The first-order valence-corrected chi connectivity index (χ1v) is 7.58. The van der Waals surface area contributed by atoms with E-state index in [1.165, 1.54) is 0 Å². The summed E-state index contributed by atoms with van der Waals surface area (Å²) in [5, 5.41) is 0.604. The fourth-order valence-corrected chi connectivity index (χ4v) is 3.23. The number of ether oxygens (including phenoxy) is 2. The molecule has 2 N–H and O–H groups in total. The molecule has 21 heavy (non-hydrogen) atoms. The summed E-state index contributed by atoms with van der Waals surface area (Å²) < 4.78 is 11.6. The summed E-state index contributed by atoms with van der Waals surface area (Å²) in [6.07, 6.45) is 0. The van der Waals surface area contributed by atoms with Crippen LogP contribution in [0.3, 0.4) is 0 Å². The molecule has 0 aliphatic rings. The molecule has 0 radical (unpaired) electrons. The van der Waals surface area contributed by atoms with Gasteiger partial charge < -0.3 is 15.2 Å². The summed E-state index contributed by atoms with van der Waals surface area (Å²) in [5.74, 6) is 1.49. The highest BCUT2D eigenvalue weighted by molar-refractivity contribution is 9.10. The molecule has 0 spiro atoms. The van der Waals surface area contributed by atoms with Crippen LogP contribution >= 0.6 is 27.5 Å².